The van der Waals surface area contributed by atoms with Crippen molar-refractivity contribution < 1.29 is 67.2 Å². The maximum Gasteiger partial charge on any atom is 0.416 e. The molecule has 0 aliphatic carbocycles. The molecule has 1 unspecified atom stereocenters. The number of rotatable bonds is 13. The number of nitrogens with zero attached hydrogens (tertiary/aromatic N) is 5. The lowest BCUT2D eigenvalue weighted by Crippen LogP contribution is -2.61. The molecule has 0 saturated carbocycles. The van der Waals surface area contributed by atoms with Crippen LogP contribution in [0.3, 0.4) is 0 Å². The van der Waals surface area contributed by atoms with Crippen molar-refractivity contribution in [3.05, 3.63) is 47.3 Å². The molecule has 3 fully saturated rings. The van der Waals surface area contributed by atoms with Crippen molar-refractivity contribution in [2.75, 3.05) is 40.9 Å². The zero-order valence-corrected chi connectivity index (χ0v) is 42.8. The third-order valence-electron chi connectivity index (χ3n) is 15.7. The molecule has 5 rings (SSSR count). The number of benzene rings is 1. The lowest BCUT2D eigenvalue weighted by atomic mass is 9.68. The van der Waals surface area contributed by atoms with E-state index in [4.69, 9.17) is 23.7 Å². The van der Waals surface area contributed by atoms with Gasteiger partial charge in [-0.25, -0.2) is 0 Å². The molecule has 1 aromatic carbocycles. The van der Waals surface area contributed by atoms with Crippen LogP contribution in [-0.2, 0) is 54.0 Å². The monoisotopic (exact) mass is 986 g/mol. The van der Waals surface area contributed by atoms with Crippen molar-refractivity contribution in [2.45, 2.75) is 198 Å². The average molecular weight is 986 g/mol. The molecule has 0 amide bonds. The first-order valence-electron chi connectivity index (χ1n) is 24.8. The van der Waals surface area contributed by atoms with Crippen LogP contribution in [0.4, 0.5) is 13.2 Å². The van der Waals surface area contributed by atoms with Gasteiger partial charge in [0.05, 0.1) is 53.3 Å². The van der Waals surface area contributed by atoms with Gasteiger partial charge in [-0.15, -0.1) is 5.10 Å². The molecule has 4 heterocycles. The van der Waals surface area contributed by atoms with Gasteiger partial charge in [0.1, 0.15) is 30.0 Å². The molecule has 1 aromatic heterocycles. The van der Waals surface area contributed by atoms with Gasteiger partial charge in [-0.3, -0.25) is 9.48 Å². The summed E-state index contributed by atoms with van der Waals surface area (Å²) < 4.78 is 72.4. The number of methoxy groups -OCH3 is 1. The summed E-state index contributed by atoms with van der Waals surface area (Å²) in [5.41, 5.74) is -3.65. The van der Waals surface area contributed by atoms with Gasteiger partial charge in [0, 0.05) is 50.8 Å². The number of cyclic esters (lactones) is 1. The molecule has 19 heteroatoms. The van der Waals surface area contributed by atoms with Gasteiger partial charge >= 0.3 is 12.1 Å². The number of esters is 1. The van der Waals surface area contributed by atoms with Gasteiger partial charge < -0.3 is 59.0 Å². The maximum atomic E-state index is 14.5. The second kappa shape index (κ2) is 23.4. The van der Waals surface area contributed by atoms with E-state index >= 15 is 0 Å². The summed E-state index contributed by atoms with van der Waals surface area (Å²) in [5.74, 6) is -3.19. The van der Waals surface area contributed by atoms with E-state index in [0.29, 0.717) is 45.3 Å². The molecule has 17 atom stereocenters. The van der Waals surface area contributed by atoms with Crippen LogP contribution in [-0.4, -0.2) is 175 Å². The zero-order valence-electron chi connectivity index (χ0n) is 42.8. The highest BCUT2D eigenvalue weighted by Crippen LogP contribution is 2.45. The number of carbonyl (C=O) groups excluding carboxylic acids is 1. The van der Waals surface area contributed by atoms with E-state index in [2.05, 4.69) is 15.2 Å². The first-order chi connectivity index (χ1) is 32.1. The Kier molecular flexibility index (Phi) is 19.3. The molecule has 69 heavy (non-hydrogen) atoms. The van der Waals surface area contributed by atoms with Gasteiger partial charge in [-0.1, -0.05) is 45.0 Å². The fourth-order valence-corrected chi connectivity index (χ4v) is 11.3. The Morgan fingerprint density at radius 3 is 2.28 bits per heavy atom. The fourth-order valence-electron chi connectivity index (χ4n) is 11.3. The van der Waals surface area contributed by atoms with Crippen LogP contribution in [0.5, 0.6) is 0 Å². The molecule has 3 aliphatic rings. The Morgan fingerprint density at radius 1 is 0.986 bits per heavy atom. The second-order valence-electron chi connectivity index (χ2n) is 21.3. The minimum absolute atomic E-state index is 0.178. The van der Waals surface area contributed by atoms with E-state index in [1.165, 1.54) is 26.2 Å². The lowest BCUT2D eigenvalue weighted by Gasteiger charge is -2.51. The minimum atomic E-state index is -4.39. The number of aryl methyl sites for hydroxylation is 3. The highest BCUT2D eigenvalue weighted by molar-refractivity contribution is 5.73. The summed E-state index contributed by atoms with van der Waals surface area (Å²) in [6.45, 7) is 17.6. The molecule has 0 bridgehead atoms. The van der Waals surface area contributed by atoms with E-state index in [-0.39, 0.29) is 37.8 Å². The zero-order chi connectivity index (χ0) is 51.4. The molecule has 0 radical (unpaired) electrons. The molecule has 2 aromatic rings. The van der Waals surface area contributed by atoms with Gasteiger partial charge in [0.25, 0.3) is 0 Å². The molecule has 3 aliphatic heterocycles. The van der Waals surface area contributed by atoms with Crippen molar-refractivity contribution in [1.29, 1.82) is 0 Å². The number of aliphatic hydroxyl groups excluding tert-OH is 3. The Morgan fingerprint density at radius 2 is 1.65 bits per heavy atom. The van der Waals surface area contributed by atoms with E-state index in [0.717, 1.165) is 23.4 Å². The van der Waals surface area contributed by atoms with Gasteiger partial charge in [-0.2, -0.15) is 13.2 Å². The summed E-state index contributed by atoms with van der Waals surface area (Å²) in [5, 5.41) is 68.2. The van der Waals surface area contributed by atoms with E-state index in [9.17, 15) is 43.5 Å². The van der Waals surface area contributed by atoms with Crippen LogP contribution >= 0.6 is 0 Å². The minimum Gasteiger partial charge on any atom is -0.459 e. The van der Waals surface area contributed by atoms with Gasteiger partial charge in [-0.05, 0) is 123 Å². The third kappa shape index (κ3) is 13.6. The first-order valence-corrected chi connectivity index (χ1v) is 24.8. The molecular formula is C50H82F3N5O11. The number of alkyl halides is 3. The molecule has 3 saturated heterocycles. The van der Waals surface area contributed by atoms with Gasteiger partial charge in [0.2, 0.25) is 0 Å². The summed E-state index contributed by atoms with van der Waals surface area (Å²) in [6.07, 6.45) is -7.88. The third-order valence-corrected chi connectivity index (χ3v) is 15.7. The van der Waals surface area contributed by atoms with E-state index < -0.39 is 107 Å². The van der Waals surface area contributed by atoms with Gasteiger partial charge in [0.15, 0.2) is 6.29 Å². The lowest BCUT2D eigenvalue weighted by molar-refractivity contribution is -0.290. The summed E-state index contributed by atoms with van der Waals surface area (Å²) in [7, 11) is 5.27. The van der Waals surface area contributed by atoms with Crippen molar-refractivity contribution in [3.8, 4) is 0 Å². The van der Waals surface area contributed by atoms with Crippen molar-refractivity contribution >= 4 is 5.97 Å². The van der Waals surface area contributed by atoms with Crippen molar-refractivity contribution in [3.63, 3.8) is 0 Å². The molecule has 0 spiro atoms. The molecular weight excluding hydrogens is 904 g/mol. The number of likely N-dealkylation sites (N-methyl/N-ethyl adjacent to an activating group) is 2. The molecule has 16 nitrogen and oxygen atoms in total. The van der Waals surface area contributed by atoms with Crippen LogP contribution in [0.2, 0.25) is 0 Å². The highest BCUT2D eigenvalue weighted by atomic mass is 19.4. The number of halogens is 3. The Bertz CT molecular complexity index is 1920. The Labute approximate surface area is 406 Å². The normalized spacial score (nSPS) is 39.5. The number of hydrogen-bond acceptors (Lipinski definition) is 15. The topological polar surface area (TPSA) is 202 Å². The first kappa shape index (κ1) is 57.1. The number of hydrogen-bond donors (Lipinski definition) is 5. The number of aliphatic hydroxyl groups is 5. The Hall–Kier alpha value is -2.82. The Balaban J connectivity index is 1.37. The van der Waals surface area contributed by atoms with Crippen molar-refractivity contribution in [1.82, 2.24) is 24.8 Å². The standard InChI is InChI=1S/C50H82F3N5O11/c1-13-39-49(9,64)42(60)32(5)57(11)27-29(2)25-47(7,63)44(30(3)40(31(4)45(62)68-39)38-26-48(8,65-12)43(61)33(6)67-38)69-46-41(59)37(21-24-66-46)56(10)22-14-15-36-28-58(55-54-36)23-20-34-16-18-35(19-17-34)50(51,52)53/h16-19,28-33,37-44,46,59-61,63-64H,13-15,20-27H2,1-12H3/t29-,30+,31-,32-,33+,37+,38-,39-,40?,41-,42-,43+,44-,46+,47-,48-,49-/m1/s1. The fraction of sp³-hybridized carbons (Fsp3) is 0.820. The maximum absolute atomic E-state index is 14.5. The van der Waals surface area contributed by atoms with Crippen molar-refractivity contribution in [2.24, 2.45) is 23.7 Å². The SMILES string of the molecule is CC[C@H]1OC(=O)[C@H](C)C([C@H]2C[C@@](C)(OC)[C@@H](O)[C@H](C)O2)[C@H](C)[C@@H](O[C@@H]2OCC[C@H](N(C)CCCc3cn(CCc4ccc(C(F)(F)F)cc4)nn3)[C@H]2O)[C@](C)(O)C[C@@H](C)CN(C)[C@H](C)[C@@H](O)[C@]1(C)O. The quantitative estimate of drug-likeness (QED) is 0.174. The van der Waals surface area contributed by atoms with Crippen LogP contribution in [0.1, 0.15) is 111 Å². The van der Waals surface area contributed by atoms with Crippen LogP contribution in [0.15, 0.2) is 30.5 Å². The average Bonchev–Trinajstić information content (AvgIpc) is 3.74. The smallest absolute Gasteiger partial charge is 0.416 e. The molecule has 5 N–H and O–H groups in total. The predicted octanol–water partition coefficient (Wildman–Crippen LogP) is 4.64. The number of aromatic nitrogens is 3. The predicted molar refractivity (Wildman–Crippen MR) is 251 cm³/mol. The number of ether oxygens (including phenoxy) is 5. The second-order valence-corrected chi connectivity index (χ2v) is 21.3. The summed E-state index contributed by atoms with van der Waals surface area (Å²) in [6, 6.07) is 4.14. The van der Waals surface area contributed by atoms with Crippen LogP contribution in [0.25, 0.3) is 0 Å². The van der Waals surface area contributed by atoms with E-state index in [1.807, 2.05) is 39.0 Å². The summed E-state index contributed by atoms with van der Waals surface area (Å²) in [4.78, 5) is 18.5. The number of carbonyl (C=O) groups is 1. The van der Waals surface area contributed by atoms with E-state index in [1.54, 1.807) is 46.2 Å². The molecule has 394 valence electrons. The largest absolute Gasteiger partial charge is 0.459 e. The summed E-state index contributed by atoms with van der Waals surface area (Å²) >= 11 is 0. The van der Waals surface area contributed by atoms with Crippen LogP contribution < -0.4 is 0 Å². The highest BCUT2D eigenvalue weighted by Gasteiger charge is 2.55. The van der Waals surface area contributed by atoms with Crippen LogP contribution in [0, 0.1) is 23.7 Å².